The largest absolute Gasteiger partial charge is 0.378 e. The second-order valence-corrected chi connectivity index (χ2v) is 5.80. The molecule has 0 aliphatic carbocycles. The van der Waals surface area contributed by atoms with Crippen molar-refractivity contribution in [3.05, 3.63) is 30.1 Å². The van der Waals surface area contributed by atoms with E-state index in [1.54, 1.807) is 18.2 Å². The molecular weight excluding hydrogens is 263 g/mol. The number of ketones is 1. The lowest BCUT2D eigenvalue weighted by Crippen LogP contribution is -2.07. The van der Waals surface area contributed by atoms with Gasteiger partial charge in [-0.25, -0.2) is 4.39 Å². The van der Waals surface area contributed by atoms with Gasteiger partial charge >= 0.3 is 0 Å². The predicted molar refractivity (Wildman–Crippen MR) is 75.0 cm³/mol. The molecule has 0 radical (unpaired) electrons. The van der Waals surface area contributed by atoms with Crippen LogP contribution in [0.5, 0.6) is 0 Å². The molecule has 0 spiro atoms. The number of carbonyl (C=O) groups is 1. The second-order valence-electron chi connectivity index (χ2n) is 4.79. The van der Waals surface area contributed by atoms with Gasteiger partial charge in [-0.2, -0.15) is 0 Å². The summed E-state index contributed by atoms with van der Waals surface area (Å²) >= 11 is 1.28. The van der Waals surface area contributed by atoms with Crippen molar-refractivity contribution >= 4 is 17.5 Å². The van der Waals surface area contributed by atoms with Gasteiger partial charge in [0.15, 0.2) is 0 Å². The van der Waals surface area contributed by atoms with Crippen molar-refractivity contribution in [1.29, 1.82) is 0 Å². The Morgan fingerprint density at radius 3 is 3.00 bits per heavy atom. The minimum Gasteiger partial charge on any atom is -0.378 e. The third-order valence-electron chi connectivity index (χ3n) is 3.23. The Labute approximate surface area is 117 Å². The Hall–Kier alpha value is -0.870. The highest BCUT2D eigenvalue weighted by atomic mass is 32.2. The van der Waals surface area contributed by atoms with Crippen molar-refractivity contribution in [2.24, 2.45) is 0 Å². The topological polar surface area (TPSA) is 26.3 Å². The highest BCUT2D eigenvalue weighted by molar-refractivity contribution is 8.00. The zero-order valence-corrected chi connectivity index (χ0v) is 11.8. The van der Waals surface area contributed by atoms with Gasteiger partial charge in [-0.05, 0) is 37.8 Å². The molecule has 104 valence electrons. The zero-order valence-electron chi connectivity index (χ0n) is 10.9. The van der Waals surface area contributed by atoms with E-state index in [4.69, 9.17) is 4.74 Å². The molecule has 1 aromatic rings. The Bertz CT molecular complexity index is 416. The lowest BCUT2D eigenvalue weighted by molar-refractivity contribution is -0.116. The highest BCUT2D eigenvalue weighted by Crippen LogP contribution is 2.22. The minimum atomic E-state index is -0.250. The summed E-state index contributed by atoms with van der Waals surface area (Å²) in [5, 5.41) is 0. The lowest BCUT2D eigenvalue weighted by Gasteiger charge is -2.08. The van der Waals surface area contributed by atoms with E-state index in [-0.39, 0.29) is 11.6 Å². The Morgan fingerprint density at radius 1 is 1.42 bits per heavy atom. The summed E-state index contributed by atoms with van der Waals surface area (Å²) in [6.07, 6.45) is 5.03. The fourth-order valence-electron chi connectivity index (χ4n) is 2.19. The molecule has 0 amide bonds. The molecule has 1 fully saturated rings. The van der Waals surface area contributed by atoms with Gasteiger partial charge in [0.1, 0.15) is 11.6 Å². The predicted octanol–water partition coefficient (Wildman–Crippen LogP) is 3.84. The first-order valence-electron chi connectivity index (χ1n) is 6.76. The normalized spacial score (nSPS) is 18.7. The van der Waals surface area contributed by atoms with Crippen molar-refractivity contribution in [3.8, 4) is 0 Å². The van der Waals surface area contributed by atoms with Gasteiger partial charge in [-0.15, -0.1) is 11.8 Å². The van der Waals surface area contributed by atoms with Crippen molar-refractivity contribution in [2.45, 2.75) is 43.1 Å². The number of halogens is 1. The molecule has 1 aliphatic rings. The van der Waals surface area contributed by atoms with E-state index in [1.165, 1.54) is 17.8 Å². The molecule has 19 heavy (non-hydrogen) atoms. The SMILES string of the molecule is O=C(CCCC1CCCO1)CSc1ccccc1F. The van der Waals surface area contributed by atoms with Crippen LogP contribution >= 0.6 is 11.8 Å². The molecule has 1 heterocycles. The number of Topliss-reactive ketones (excluding diaryl/α,β-unsaturated/α-hetero) is 1. The molecule has 1 atom stereocenters. The third-order valence-corrected chi connectivity index (χ3v) is 4.34. The summed E-state index contributed by atoms with van der Waals surface area (Å²) in [6, 6.07) is 6.57. The second kappa shape index (κ2) is 7.65. The van der Waals surface area contributed by atoms with Crippen molar-refractivity contribution in [1.82, 2.24) is 0 Å². The van der Waals surface area contributed by atoms with E-state index in [2.05, 4.69) is 0 Å². The fraction of sp³-hybridized carbons (Fsp3) is 0.533. The lowest BCUT2D eigenvalue weighted by atomic mass is 10.1. The van der Waals surface area contributed by atoms with Gasteiger partial charge in [0.05, 0.1) is 11.9 Å². The van der Waals surface area contributed by atoms with Crippen LogP contribution < -0.4 is 0 Å². The third kappa shape index (κ3) is 4.96. The molecular formula is C15H19FO2S. The van der Waals surface area contributed by atoms with Crippen LogP contribution in [0.1, 0.15) is 32.1 Å². The quantitative estimate of drug-likeness (QED) is 0.711. The van der Waals surface area contributed by atoms with Crippen molar-refractivity contribution in [3.63, 3.8) is 0 Å². The van der Waals surface area contributed by atoms with E-state index in [0.29, 0.717) is 23.2 Å². The summed E-state index contributed by atoms with van der Waals surface area (Å²) in [7, 11) is 0. The molecule has 1 unspecified atom stereocenters. The first-order valence-corrected chi connectivity index (χ1v) is 7.75. The van der Waals surface area contributed by atoms with E-state index >= 15 is 0 Å². The van der Waals surface area contributed by atoms with Crippen molar-refractivity contribution < 1.29 is 13.9 Å². The zero-order chi connectivity index (χ0) is 13.5. The summed E-state index contributed by atoms with van der Waals surface area (Å²) in [6.45, 7) is 0.863. The number of ether oxygens (including phenoxy) is 1. The number of thioether (sulfide) groups is 1. The Morgan fingerprint density at radius 2 is 2.26 bits per heavy atom. The molecule has 0 saturated carbocycles. The Balaban J connectivity index is 1.63. The maximum Gasteiger partial charge on any atom is 0.143 e. The van der Waals surface area contributed by atoms with Crippen LogP contribution in [0.15, 0.2) is 29.2 Å². The van der Waals surface area contributed by atoms with Crippen LogP contribution in [0.2, 0.25) is 0 Å². The summed E-state index contributed by atoms with van der Waals surface area (Å²) < 4.78 is 18.9. The molecule has 4 heteroatoms. The van der Waals surface area contributed by atoms with Gasteiger partial charge in [0.2, 0.25) is 0 Å². The molecule has 2 nitrogen and oxygen atoms in total. The fourth-order valence-corrected chi connectivity index (χ4v) is 3.03. The number of rotatable bonds is 7. The van der Waals surface area contributed by atoms with Gasteiger partial charge in [0, 0.05) is 17.9 Å². The molecule has 0 N–H and O–H groups in total. The highest BCUT2D eigenvalue weighted by Gasteiger charge is 2.15. The summed E-state index contributed by atoms with van der Waals surface area (Å²) in [5.74, 6) is 0.290. The molecule has 0 bridgehead atoms. The van der Waals surface area contributed by atoms with Crippen LogP contribution in [0.3, 0.4) is 0 Å². The van der Waals surface area contributed by atoms with E-state index in [1.807, 2.05) is 0 Å². The first kappa shape index (κ1) is 14.5. The van der Waals surface area contributed by atoms with E-state index in [0.717, 1.165) is 32.3 Å². The minimum absolute atomic E-state index is 0.186. The van der Waals surface area contributed by atoms with Crippen LogP contribution in [0.25, 0.3) is 0 Å². The molecule has 1 aromatic carbocycles. The molecule has 1 saturated heterocycles. The molecule has 1 aliphatic heterocycles. The van der Waals surface area contributed by atoms with Crippen LogP contribution in [-0.4, -0.2) is 24.2 Å². The number of benzene rings is 1. The van der Waals surface area contributed by atoms with Crippen LogP contribution in [0.4, 0.5) is 4.39 Å². The summed E-state index contributed by atoms with van der Waals surface area (Å²) in [4.78, 5) is 12.3. The smallest absolute Gasteiger partial charge is 0.143 e. The van der Waals surface area contributed by atoms with Gasteiger partial charge < -0.3 is 4.74 Å². The molecule has 0 aromatic heterocycles. The Kier molecular flexibility index (Phi) is 5.86. The number of carbonyl (C=O) groups excluding carboxylic acids is 1. The first-order chi connectivity index (χ1) is 9.25. The van der Waals surface area contributed by atoms with Crippen LogP contribution in [-0.2, 0) is 9.53 Å². The average Bonchev–Trinajstić information content (AvgIpc) is 2.91. The number of hydrogen-bond donors (Lipinski definition) is 0. The average molecular weight is 282 g/mol. The molecule has 2 rings (SSSR count). The number of hydrogen-bond acceptors (Lipinski definition) is 3. The van der Waals surface area contributed by atoms with Gasteiger partial charge in [-0.1, -0.05) is 12.1 Å². The standard InChI is InChI=1S/C15H19FO2S/c16-14-8-1-2-9-15(14)19-11-12(17)5-3-6-13-7-4-10-18-13/h1-2,8-9,13H,3-7,10-11H2. The van der Waals surface area contributed by atoms with Crippen LogP contribution in [0, 0.1) is 5.82 Å². The van der Waals surface area contributed by atoms with Gasteiger partial charge in [-0.3, -0.25) is 4.79 Å². The maximum absolute atomic E-state index is 13.3. The monoisotopic (exact) mass is 282 g/mol. The van der Waals surface area contributed by atoms with Crippen molar-refractivity contribution in [2.75, 3.05) is 12.4 Å². The van der Waals surface area contributed by atoms with E-state index < -0.39 is 0 Å². The summed E-state index contributed by atoms with van der Waals surface area (Å²) in [5.41, 5.74) is 0. The van der Waals surface area contributed by atoms with Gasteiger partial charge in [0.25, 0.3) is 0 Å². The van der Waals surface area contributed by atoms with E-state index in [9.17, 15) is 9.18 Å². The maximum atomic E-state index is 13.3.